The van der Waals surface area contributed by atoms with Crippen LogP contribution in [0.25, 0.3) is 10.2 Å². The molecule has 0 radical (unpaired) electrons. The van der Waals surface area contributed by atoms with Gasteiger partial charge >= 0.3 is 6.09 Å². The minimum absolute atomic E-state index is 0.0885. The summed E-state index contributed by atoms with van der Waals surface area (Å²) in [5.74, 6) is 1.06. The van der Waals surface area contributed by atoms with Gasteiger partial charge in [0, 0.05) is 13.0 Å². The van der Waals surface area contributed by atoms with Crippen LogP contribution in [0.3, 0.4) is 0 Å². The highest BCUT2D eigenvalue weighted by atomic mass is 32.1. The zero-order valence-corrected chi connectivity index (χ0v) is 16.3. The summed E-state index contributed by atoms with van der Waals surface area (Å²) >= 11 is 1.36. The Bertz CT molecular complexity index is 978. The summed E-state index contributed by atoms with van der Waals surface area (Å²) in [5, 5.41) is 3.10. The average Bonchev–Trinajstić information content (AvgIpc) is 3.17. The zero-order valence-electron chi connectivity index (χ0n) is 15.5. The number of hydrogen-bond donors (Lipinski definition) is 1. The van der Waals surface area contributed by atoms with E-state index in [2.05, 4.69) is 15.3 Å². The number of hydrogen-bond acceptors (Lipinski definition) is 8. The highest BCUT2D eigenvalue weighted by molar-refractivity contribution is 7.22. The van der Waals surface area contributed by atoms with Gasteiger partial charge in [0.25, 0.3) is 0 Å². The summed E-state index contributed by atoms with van der Waals surface area (Å²) in [6.45, 7) is 2.32. The van der Waals surface area contributed by atoms with Gasteiger partial charge in [0.05, 0.1) is 50.8 Å². The predicted octanol–water partition coefficient (Wildman–Crippen LogP) is 2.78. The van der Waals surface area contributed by atoms with Crippen LogP contribution < -0.4 is 14.8 Å². The molecule has 1 amide bonds. The normalized spacial score (nSPS) is 15.4. The van der Waals surface area contributed by atoms with Crippen LogP contribution in [0.4, 0.5) is 9.93 Å². The molecule has 0 spiro atoms. The van der Waals surface area contributed by atoms with E-state index >= 15 is 0 Å². The molecule has 1 aliphatic heterocycles. The van der Waals surface area contributed by atoms with Crippen LogP contribution in [-0.4, -0.2) is 54.2 Å². The van der Waals surface area contributed by atoms with Gasteiger partial charge in [-0.2, -0.15) is 0 Å². The average molecular weight is 404 g/mol. The number of aromatic nitrogens is 3. The number of amides is 1. The Morgan fingerprint density at radius 1 is 1.32 bits per heavy atom. The lowest BCUT2D eigenvalue weighted by atomic mass is 10.0. The van der Waals surface area contributed by atoms with Crippen molar-refractivity contribution in [1.82, 2.24) is 14.5 Å². The van der Waals surface area contributed by atoms with E-state index in [9.17, 15) is 4.79 Å². The highest BCUT2D eigenvalue weighted by Gasteiger charge is 2.22. The van der Waals surface area contributed by atoms with E-state index < -0.39 is 6.09 Å². The van der Waals surface area contributed by atoms with Gasteiger partial charge in [-0.05, 0) is 11.6 Å². The molecule has 4 rings (SSSR count). The highest BCUT2D eigenvalue weighted by Crippen LogP contribution is 2.38. The van der Waals surface area contributed by atoms with Crippen molar-refractivity contribution in [2.75, 3.05) is 38.9 Å². The van der Waals surface area contributed by atoms with Crippen LogP contribution in [0.5, 0.6) is 11.6 Å². The number of rotatable bonds is 4. The van der Waals surface area contributed by atoms with Crippen LogP contribution in [0.2, 0.25) is 0 Å². The number of fused-ring (bicyclic) bond motifs is 1. The molecule has 1 saturated heterocycles. The maximum absolute atomic E-state index is 12.2. The number of carbonyl (C=O) groups excluding carboxylic acids is 1. The summed E-state index contributed by atoms with van der Waals surface area (Å²) < 4.78 is 24.5. The Morgan fingerprint density at radius 2 is 2.11 bits per heavy atom. The number of benzene rings is 1. The summed E-state index contributed by atoms with van der Waals surface area (Å²) in [4.78, 5) is 20.7. The van der Waals surface area contributed by atoms with Gasteiger partial charge < -0.3 is 23.5 Å². The standard InChI is InChI=1S/C18H20N4O5S/c1-22-10-19-7-14(22)27-18(23)21-17-20-15-13(24-2)4-3-12(16(15)28-17)11-8-25-5-6-26-9-11/h3-4,7,10-11H,5-6,8-9H2,1-2H3,(H,20,21,23). The Kier molecular flexibility index (Phi) is 5.42. The molecule has 1 N–H and O–H groups in total. The zero-order chi connectivity index (χ0) is 19.5. The van der Waals surface area contributed by atoms with E-state index in [1.807, 2.05) is 12.1 Å². The maximum Gasteiger partial charge on any atom is 0.420 e. The second-order valence-electron chi connectivity index (χ2n) is 6.26. The number of methoxy groups -OCH3 is 1. The number of carbonyl (C=O) groups is 1. The number of nitrogens with one attached hydrogen (secondary N) is 1. The van der Waals surface area contributed by atoms with Crippen molar-refractivity contribution in [3.05, 3.63) is 30.2 Å². The van der Waals surface area contributed by atoms with Crippen molar-refractivity contribution in [2.24, 2.45) is 7.05 Å². The SMILES string of the molecule is COc1ccc(C2COCCOC2)c2sc(NC(=O)Oc3cncn3C)nc12. The molecule has 1 fully saturated rings. The van der Waals surface area contributed by atoms with Crippen LogP contribution in [0.1, 0.15) is 11.5 Å². The molecule has 0 aliphatic carbocycles. The van der Waals surface area contributed by atoms with Crippen molar-refractivity contribution < 1.29 is 23.7 Å². The number of aryl methyl sites for hydroxylation is 1. The van der Waals surface area contributed by atoms with E-state index in [4.69, 9.17) is 18.9 Å². The molecule has 2 aromatic heterocycles. The molecular formula is C18H20N4O5S. The topological polar surface area (TPSA) is 96.7 Å². The third-order valence-electron chi connectivity index (χ3n) is 4.39. The Balaban J connectivity index is 1.62. The smallest absolute Gasteiger partial charge is 0.420 e. The minimum Gasteiger partial charge on any atom is -0.494 e. The summed E-state index contributed by atoms with van der Waals surface area (Å²) in [5.41, 5.74) is 1.74. The van der Waals surface area contributed by atoms with Crippen molar-refractivity contribution in [1.29, 1.82) is 0 Å². The first kappa shape index (κ1) is 18.7. The molecule has 148 valence electrons. The molecular weight excluding hydrogens is 384 g/mol. The minimum atomic E-state index is -0.635. The van der Waals surface area contributed by atoms with E-state index in [0.29, 0.717) is 48.7 Å². The Morgan fingerprint density at radius 3 is 2.79 bits per heavy atom. The largest absolute Gasteiger partial charge is 0.494 e. The van der Waals surface area contributed by atoms with Gasteiger partial charge in [0.2, 0.25) is 5.88 Å². The van der Waals surface area contributed by atoms with E-state index in [-0.39, 0.29) is 5.92 Å². The maximum atomic E-state index is 12.2. The fourth-order valence-electron chi connectivity index (χ4n) is 2.99. The predicted molar refractivity (Wildman–Crippen MR) is 103 cm³/mol. The molecule has 28 heavy (non-hydrogen) atoms. The fraction of sp³-hybridized carbons (Fsp3) is 0.389. The summed E-state index contributed by atoms with van der Waals surface area (Å²) in [6.07, 6.45) is 2.38. The fourth-order valence-corrected chi connectivity index (χ4v) is 4.05. The monoisotopic (exact) mass is 404 g/mol. The lowest BCUT2D eigenvalue weighted by molar-refractivity contribution is 0.103. The second kappa shape index (κ2) is 8.13. The molecule has 0 atom stereocenters. The van der Waals surface area contributed by atoms with Crippen LogP contribution >= 0.6 is 11.3 Å². The Labute approximate surface area is 165 Å². The number of imidazole rings is 1. The Hall–Kier alpha value is -2.69. The molecule has 1 aliphatic rings. The number of nitrogens with zero attached hydrogens (tertiary/aromatic N) is 3. The van der Waals surface area contributed by atoms with Crippen molar-refractivity contribution in [3.63, 3.8) is 0 Å². The van der Waals surface area contributed by atoms with Gasteiger partial charge in [-0.25, -0.2) is 14.8 Å². The summed E-state index contributed by atoms with van der Waals surface area (Å²) in [6, 6.07) is 3.87. The van der Waals surface area contributed by atoms with Crippen molar-refractivity contribution in [2.45, 2.75) is 5.92 Å². The number of ether oxygens (including phenoxy) is 4. The van der Waals surface area contributed by atoms with Gasteiger partial charge in [0.15, 0.2) is 5.13 Å². The molecule has 0 bridgehead atoms. The summed E-state index contributed by atoms with van der Waals surface area (Å²) in [7, 11) is 3.33. The van der Waals surface area contributed by atoms with Gasteiger partial charge in [0.1, 0.15) is 11.3 Å². The lowest BCUT2D eigenvalue weighted by Crippen LogP contribution is -2.17. The van der Waals surface area contributed by atoms with E-state index in [0.717, 1.165) is 10.3 Å². The van der Waals surface area contributed by atoms with Crippen LogP contribution in [0.15, 0.2) is 24.7 Å². The molecule has 9 nitrogen and oxygen atoms in total. The number of thiazole rings is 1. The third kappa shape index (κ3) is 3.79. The molecule has 10 heteroatoms. The van der Waals surface area contributed by atoms with Crippen LogP contribution in [-0.2, 0) is 16.5 Å². The van der Waals surface area contributed by atoms with Gasteiger partial charge in [-0.15, -0.1) is 0 Å². The molecule has 3 heterocycles. The quantitative estimate of drug-likeness (QED) is 0.714. The molecule has 1 aromatic carbocycles. The van der Waals surface area contributed by atoms with Crippen molar-refractivity contribution in [3.8, 4) is 11.6 Å². The first-order valence-corrected chi connectivity index (χ1v) is 9.55. The van der Waals surface area contributed by atoms with Crippen molar-refractivity contribution >= 4 is 32.8 Å². The van der Waals surface area contributed by atoms with Gasteiger partial charge in [-0.3, -0.25) is 5.32 Å². The van der Waals surface area contributed by atoms with E-state index in [1.54, 1.807) is 25.1 Å². The molecule has 0 unspecified atom stereocenters. The lowest BCUT2D eigenvalue weighted by Gasteiger charge is -2.15. The van der Waals surface area contributed by atoms with Crippen LogP contribution in [0, 0.1) is 0 Å². The second-order valence-corrected chi connectivity index (χ2v) is 7.26. The molecule has 3 aromatic rings. The first-order valence-electron chi connectivity index (χ1n) is 8.73. The first-order chi connectivity index (χ1) is 13.7. The van der Waals surface area contributed by atoms with E-state index in [1.165, 1.54) is 17.5 Å². The molecule has 0 saturated carbocycles. The third-order valence-corrected chi connectivity index (χ3v) is 5.41. The number of anilines is 1. The van der Waals surface area contributed by atoms with Gasteiger partial charge in [-0.1, -0.05) is 17.4 Å².